The molecule has 0 spiro atoms. The van der Waals surface area contributed by atoms with Crippen molar-refractivity contribution in [2.45, 2.75) is 6.92 Å². The lowest BCUT2D eigenvalue weighted by molar-refractivity contribution is 0.101. The van der Waals surface area contributed by atoms with Crippen LogP contribution in [0, 0.1) is 6.92 Å². The van der Waals surface area contributed by atoms with Gasteiger partial charge in [-0.15, -0.1) is 0 Å². The first-order valence-corrected chi connectivity index (χ1v) is 8.43. The Balaban J connectivity index is 1.67. The van der Waals surface area contributed by atoms with Crippen LogP contribution in [0.1, 0.15) is 16.3 Å². The Morgan fingerprint density at radius 1 is 1.04 bits per heavy atom. The molecule has 0 fully saturated rings. The highest BCUT2D eigenvalue weighted by atomic mass is 16.2. The van der Waals surface area contributed by atoms with Gasteiger partial charge in [-0.3, -0.25) is 18.8 Å². The van der Waals surface area contributed by atoms with Gasteiger partial charge in [-0.25, -0.2) is 4.98 Å². The third-order valence-corrected chi connectivity index (χ3v) is 4.38. The molecule has 0 aliphatic rings. The van der Waals surface area contributed by atoms with Gasteiger partial charge < -0.3 is 5.32 Å². The molecule has 0 radical (unpaired) electrons. The molecule has 0 saturated carbocycles. The summed E-state index contributed by atoms with van der Waals surface area (Å²) in [5.41, 5.74) is 2.34. The van der Waals surface area contributed by atoms with Crippen LogP contribution in [0.3, 0.4) is 0 Å². The minimum absolute atomic E-state index is 0.121. The number of rotatable bonds is 3. The van der Waals surface area contributed by atoms with Crippen LogP contribution in [0.15, 0.2) is 65.6 Å². The summed E-state index contributed by atoms with van der Waals surface area (Å²) in [6.45, 7) is 1.80. The summed E-state index contributed by atoms with van der Waals surface area (Å²) in [5, 5.41) is 7.37. The molecule has 27 heavy (non-hydrogen) atoms. The molecule has 2 aromatic carbocycles. The quantitative estimate of drug-likeness (QED) is 0.610. The zero-order valence-electron chi connectivity index (χ0n) is 14.9. The van der Waals surface area contributed by atoms with Crippen LogP contribution < -0.4 is 10.9 Å². The van der Waals surface area contributed by atoms with Crippen molar-refractivity contribution in [2.75, 3.05) is 5.32 Å². The van der Waals surface area contributed by atoms with Crippen LogP contribution >= 0.6 is 0 Å². The fraction of sp³-hybridized carbons (Fsp3) is 0.100. The number of amides is 1. The Kier molecular flexibility index (Phi) is 4.04. The van der Waals surface area contributed by atoms with Crippen LogP contribution in [0.25, 0.3) is 16.6 Å². The zero-order valence-corrected chi connectivity index (χ0v) is 14.9. The van der Waals surface area contributed by atoms with Crippen molar-refractivity contribution < 1.29 is 4.79 Å². The number of fused-ring (bicyclic) bond motifs is 1. The highest BCUT2D eigenvalue weighted by Crippen LogP contribution is 2.16. The summed E-state index contributed by atoms with van der Waals surface area (Å²) in [6.07, 6.45) is 1.57. The van der Waals surface area contributed by atoms with Gasteiger partial charge in [0.05, 0.1) is 16.6 Å². The minimum atomic E-state index is -0.247. The van der Waals surface area contributed by atoms with Gasteiger partial charge >= 0.3 is 0 Å². The maximum atomic E-state index is 12.8. The molecule has 4 aromatic rings. The average Bonchev–Trinajstić information content (AvgIpc) is 3.09. The SMILES string of the molecule is Cc1nc2ccccc2c(=O)n1-c1ccc(NC(=O)c2ccnn2C)cc1. The van der Waals surface area contributed by atoms with Gasteiger partial charge in [0.1, 0.15) is 11.5 Å². The van der Waals surface area contributed by atoms with Crippen LogP contribution in [-0.2, 0) is 7.05 Å². The number of aryl methyl sites for hydroxylation is 2. The predicted octanol–water partition coefficient (Wildman–Crippen LogP) is 2.68. The summed E-state index contributed by atoms with van der Waals surface area (Å²) in [7, 11) is 1.71. The zero-order chi connectivity index (χ0) is 19.0. The van der Waals surface area contributed by atoms with Crippen LogP contribution in [0.4, 0.5) is 5.69 Å². The second kappa shape index (κ2) is 6.53. The summed E-state index contributed by atoms with van der Waals surface area (Å²) in [6, 6.07) is 16.0. The molecule has 7 heteroatoms. The summed E-state index contributed by atoms with van der Waals surface area (Å²) >= 11 is 0. The van der Waals surface area contributed by atoms with Crippen molar-refractivity contribution >= 4 is 22.5 Å². The maximum Gasteiger partial charge on any atom is 0.273 e. The number of carbonyl (C=O) groups is 1. The Hall–Kier alpha value is -3.74. The predicted molar refractivity (Wildman–Crippen MR) is 103 cm³/mol. The molecule has 1 amide bonds. The van der Waals surface area contributed by atoms with Gasteiger partial charge in [0.15, 0.2) is 0 Å². The Morgan fingerprint density at radius 3 is 2.48 bits per heavy atom. The standard InChI is InChI=1S/C20H17N5O2/c1-13-22-17-6-4-3-5-16(17)20(27)25(13)15-9-7-14(8-10-15)23-19(26)18-11-12-21-24(18)2/h3-12H,1-2H3,(H,23,26). The second-order valence-corrected chi connectivity index (χ2v) is 6.16. The monoisotopic (exact) mass is 359 g/mol. The van der Waals surface area contributed by atoms with E-state index in [1.54, 1.807) is 61.1 Å². The molecule has 0 aliphatic carbocycles. The fourth-order valence-corrected chi connectivity index (χ4v) is 3.03. The number of hydrogen-bond donors (Lipinski definition) is 1. The van der Waals surface area contributed by atoms with Gasteiger partial charge in [-0.1, -0.05) is 12.1 Å². The van der Waals surface area contributed by atoms with Gasteiger partial charge in [-0.05, 0) is 49.4 Å². The first-order chi connectivity index (χ1) is 13.0. The van der Waals surface area contributed by atoms with Crippen molar-refractivity contribution in [2.24, 2.45) is 7.05 Å². The minimum Gasteiger partial charge on any atom is -0.321 e. The molecule has 0 saturated heterocycles. The van der Waals surface area contributed by atoms with Crippen molar-refractivity contribution in [3.8, 4) is 5.69 Å². The molecule has 7 nitrogen and oxygen atoms in total. The molecule has 0 atom stereocenters. The number of benzene rings is 2. The number of nitrogens with zero attached hydrogens (tertiary/aromatic N) is 4. The van der Waals surface area contributed by atoms with E-state index in [9.17, 15) is 9.59 Å². The molecule has 4 rings (SSSR count). The lowest BCUT2D eigenvalue weighted by Gasteiger charge is -2.12. The van der Waals surface area contributed by atoms with E-state index < -0.39 is 0 Å². The second-order valence-electron chi connectivity index (χ2n) is 6.16. The molecule has 2 aromatic heterocycles. The third-order valence-electron chi connectivity index (χ3n) is 4.38. The number of nitrogens with one attached hydrogen (secondary N) is 1. The number of anilines is 1. The average molecular weight is 359 g/mol. The lowest BCUT2D eigenvalue weighted by atomic mass is 10.2. The van der Waals surface area contributed by atoms with E-state index in [4.69, 9.17) is 0 Å². The molecule has 1 N–H and O–H groups in total. The summed E-state index contributed by atoms with van der Waals surface area (Å²) in [5.74, 6) is 0.355. The van der Waals surface area contributed by atoms with Crippen LogP contribution in [0.2, 0.25) is 0 Å². The van der Waals surface area contributed by atoms with Gasteiger partial charge in [0, 0.05) is 18.9 Å². The summed E-state index contributed by atoms with van der Waals surface area (Å²) < 4.78 is 3.07. The number of aromatic nitrogens is 4. The van der Waals surface area contributed by atoms with Crippen molar-refractivity contribution in [1.82, 2.24) is 19.3 Å². The van der Waals surface area contributed by atoms with Crippen molar-refractivity contribution in [1.29, 1.82) is 0 Å². The molecular formula is C20H17N5O2. The van der Waals surface area contributed by atoms with Crippen molar-refractivity contribution in [3.05, 3.63) is 82.7 Å². The normalized spacial score (nSPS) is 10.9. The number of carbonyl (C=O) groups excluding carboxylic acids is 1. The number of para-hydroxylation sites is 1. The highest BCUT2D eigenvalue weighted by Gasteiger charge is 2.12. The Morgan fingerprint density at radius 2 is 1.78 bits per heavy atom. The van der Waals surface area contributed by atoms with Gasteiger partial charge in [0.25, 0.3) is 11.5 Å². The van der Waals surface area contributed by atoms with Crippen LogP contribution in [-0.4, -0.2) is 25.2 Å². The number of hydrogen-bond acceptors (Lipinski definition) is 4. The fourth-order valence-electron chi connectivity index (χ4n) is 3.03. The molecule has 0 aliphatic heterocycles. The summed E-state index contributed by atoms with van der Waals surface area (Å²) in [4.78, 5) is 29.6. The molecule has 134 valence electrons. The molecule has 0 unspecified atom stereocenters. The van der Waals surface area contributed by atoms with Crippen molar-refractivity contribution in [3.63, 3.8) is 0 Å². The Bertz CT molecular complexity index is 1210. The van der Waals surface area contributed by atoms with E-state index in [0.717, 1.165) is 0 Å². The third kappa shape index (κ3) is 2.99. The van der Waals surface area contributed by atoms with Gasteiger partial charge in [-0.2, -0.15) is 5.10 Å². The van der Waals surface area contributed by atoms with E-state index in [-0.39, 0.29) is 11.5 Å². The van der Waals surface area contributed by atoms with E-state index in [2.05, 4.69) is 15.4 Å². The van der Waals surface area contributed by atoms with E-state index in [1.807, 2.05) is 18.2 Å². The lowest BCUT2D eigenvalue weighted by Crippen LogP contribution is -2.22. The largest absolute Gasteiger partial charge is 0.321 e. The van der Waals surface area contributed by atoms with Crippen LogP contribution in [0.5, 0.6) is 0 Å². The molecule has 2 heterocycles. The maximum absolute atomic E-state index is 12.8. The topological polar surface area (TPSA) is 81.8 Å². The first kappa shape index (κ1) is 16.7. The molecule has 0 bridgehead atoms. The van der Waals surface area contributed by atoms with Gasteiger partial charge in [0.2, 0.25) is 0 Å². The van der Waals surface area contributed by atoms with E-state index in [1.165, 1.54) is 4.68 Å². The smallest absolute Gasteiger partial charge is 0.273 e. The highest BCUT2D eigenvalue weighted by molar-refractivity contribution is 6.03. The first-order valence-electron chi connectivity index (χ1n) is 8.43. The van der Waals surface area contributed by atoms with E-state index >= 15 is 0 Å². The Labute approximate surface area is 154 Å². The molecular weight excluding hydrogens is 342 g/mol. The van der Waals surface area contributed by atoms with E-state index in [0.29, 0.717) is 33.8 Å².